The van der Waals surface area contributed by atoms with Crippen LogP contribution < -0.4 is 10.1 Å². The molecule has 1 aliphatic carbocycles. The van der Waals surface area contributed by atoms with E-state index in [1.54, 1.807) is 7.11 Å². The first kappa shape index (κ1) is 14.9. The molecule has 1 fully saturated rings. The third-order valence-corrected chi connectivity index (χ3v) is 4.71. The van der Waals surface area contributed by atoms with Crippen molar-refractivity contribution in [3.8, 4) is 5.75 Å². The summed E-state index contributed by atoms with van der Waals surface area (Å²) < 4.78 is 6.52. The molecule has 1 aliphatic rings. The zero-order valence-corrected chi connectivity index (χ0v) is 13.5. The van der Waals surface area contributed by atoms with E-state index >= 15 is 0 Å². The van der Waals surface area contributed by atoms with Gasteiger partial charge in [-0.2, -0.15) is 0 Å². The molecule has 0 spiro atoms. The number of ether oxygens (including phenoxy) is 1. The second kappa shape index (κ2) is 7.30. The third kappa shape index (κ3) is 4.22. The van der Waals surface area contributed by atoms with E-state index in [1.165, 1.54) is 37.7 Å². The van der Waals surface area contributed by atoms with Crippen LogP contribution in [0, 0.1) is 5.92 Å². The van der Waals surface area contributed by atoms with Crippen LogP contribution in [0.2, 0.25) is 0 Å². The van der Waals surface area contributed by atoms with Crippen molar-refractivity contribution in [1.29, 1.82) is 0 Å². The molecule has 1 atom stereocenters. The highest BCUT2D eigenvalue weighted by Crippen LogP contribution is 2.27. The molecule has 0 bridgehead atoms. The van der Waals surface area contributed by atoms with E-state index in [9.17, 15) is 0 Å². The van der Waals surface area contributed by atoms with Crippen LogP contribution in [0.3, 0.4) is 0 Å². The van der Waals surface area contributed by atoms with Crippen molar-refractivity contribution in [2.75, 3.05) is 7.11 Å². The lowest BCUT2D eigenvalue weighted by Gasteiger charge is -2.28. The summed E-state index contributed by atoms with van der Waals surface area (Å²) >= 11 is 3.53. The van der Waals surface area contributed by atoms with Crippen molar-refractivity contribution in [3.63, 3.8) is 0 Å². The monoisotopic (exact) mass is 325 g/mol. The Labute approximate surface area is 125 Å². The van der Waals surface area contributed by atoms with Gasteiger partial charge < -0.3 is 10.1 Å². The van der Waals surface area contributed by atoms with Crippen LogP contribution >= 0.6 is 15.9 Å². The van der Waals surface area contributed by atoms with Gasteiger partial charge in [-0.15, -0.1) is 0 Å². The molecule has 19 heavy (non-hydrogen) atoms. The molecule has 1 N–H and O–H groups in total. The van der Waals surface area contributed by atoms with E-state index in [1.807, 2.05) is 12.1 Å². The molecular weight excluding hydrogens is 302 g/mol. The molecule has 0 saturated heterocycles. The molecule has 1 aromatic carbocycles. The van der Waals surface area contributed by atoms with Crippen LogP contribution in [0.4, 0.5) is 0 Å². The second-order valence-electron chi connectivity index (χ2n) is 5.52. The molecule has 1 saturated carbocycles. The molecule has 0 heterocycles. The van der Waals surface area contributed by atoms with Crippen LogP contribution in [0.5, 0.6) is 5.75 Å². The van der Waals surface area contributed by atoms with Crippen LogP contribution in [-0.2, 0) is 6.54 Å². The van der Waals surface area contributed by atoms with E-state index in [0.717, 1.165) is 22.7 Å². The largest absolute Gasteiger partial charge is 0.496 e. The van der Waals surface area contributed by atoms with Gasteiger partial charge in [-0.05, 0) is 43.9 Å². The van der Waals surface area contributed by atoms with Crippen LogP contribution in [0.1, 0.15) is 44.6 Å². The summed E-state index contributed by atoms with van der Waals surface area (Å²) in [7, 11) is 1.73. The van der Waals surface area contributed by atoms with Crippen LogP contribution in [-0.4, -0.2) is 13.2 Å². The third-order valence-electron chi connectivity index (χ3n) is 4.21. The normalized spacial score (nSPS) is 18.3. The van der Waals surface area contributed by atoms with Gasteiger partial charge >= 0.3 is 0 Å². The maximum Gasteiger partial charge on any atom is 0.123 e. The lowest BCUT2D eigenvalue weighted by molar-refractivity contribution is 0.279. The molecule has 1 unspecified atom stereocenters. The second-order valence-corrected chi connectivity index (χ2v) is 6.44. The summed E-state index contributed by atoms with van der Waals surface area (Å²) in [5, 5.41) is 3.67. The standard InChI is InChI=1S/C16H24BrNO/c1-12(13-6-4-3-5-7-13)18-11-14-10-15(17)8-9-16(14)19-2/h8-10,12-13,18H,3-7,11H2,1-2H3. The quantitative estimate of drug-likeness (QED) is 0.859. The Morgan fingerprint density at radius 3 is 2.74 bits per heavy atom. The van der Waals surface area contributed by atoms with E-state index < -0.39 is 0 Å². The summed E-state index contributed by atoms with van der Waals surface area (Å²) in [6, 6.07) is 6.77. The number of hydrogen-bond donors (Lipinski definition) is 1. The summed E-state index contributed by atoms with van der Waals surface area (Å²) in [4.78, 5) is 0. The molecule has 3 heteroatoms. The fourth-order valence-electron chi connectivity index (χ4n) is 2.96. The topological polar surface area (TPSA) is 21.3 Å². The predicted molar refractivity (Wildman–Crippen MR) is 83.6 cm³/mol. The van der Waals surface area contributed by atoms with Gasteiger partial charge in [0.2, 0.25) is 0 Å². The van der Waals surface area contributed by atoms with Crippen molar-refractivity contribution < 1.29 is 4.74 Å². The highest BCUT2D eigenvalue weighted by molar-refractivity contribution is 9.10. The molecule has 0 aliphatic heterocycles. The van der Waals surface area contributed by atoms with Gasteiger partial charge in [-0.3, -0.25) is 0 Å². The average Bonchev–Trinajstić information content (AvgIpc) is 2.46. The lowest BCUT2D eigenvalue weighted by atomic mass is 9.84. The van der Waals surface area contributed by atoms with Gasteiger partial charge in [0.05, 0.1) is 7.11 Å². The first-order chi connectivity index (χ1) is 9.20. The van der Waals surface area contributed by atoms with E-state index in [2.05, 4.69) is 34.2 Å². The van der Waals surface area contributed by atoms with Gasteiger partial charge in [0.25, 0.3) is 0 Å². The Hall–Kier alpha value is -0.540. The fourth-order valence-corrected chi connectivity index (χ4v) is 3.37. The summed E-state index contributed by atoms with van der Waals surface area (Å²) in [6.45, 7) is 3.20. The fraction of sp³-hybridized carbons (Fsp3) is 0.625. The summed E-state index contributed by atoms with van der Waals surface area (Å²) in [6.07, 6.45) is 6.98. The Kier molecular flexibility index (Phi) is 5.71. The molecular formula is C16H24BrNO. The van der Waals surface area contributed by atoms with Crippen molar-refractivity contribution in [3.05, 3.63) is 28.2 Å². The van der Waals surface area contributed by atoms with Crippen molar-refractivity contribution in [2.45, 2.75) is 51.6 Å². The molecule has 0 amide bonds. The van der Waals surface area contributed by atoms with Gasteiger partial charge in [-0.25, -0.2) is 0 Å². The number of hydrogen-bond acceptors (Lipinski definition) is 2. The summed E-state index contributed by atoms with van der Waals surface area (Å²) in [5.41, 5.74) is 1.22. The highest BCUT2D eigenvalue weighted by Gasteiger charge is 2.19. The first-order valence-corrected chi connectivity index (χ1v) is 8.06. The van der Waals surface area contributed by atoms with Crippen LogP contribution in [0.25, 0.3) is 0 Å². The summed E-state index contributed by atoms with van der Waals surface area (Å²) in [5.74, 6) is 1.80. The smallest absolute Gasteiger partial charge is 0.123 e. The van der Waals surface area contributed by atoms with Crippen molar-refractivity contribution in [1.82, 2.24) is 5.32 Å². The van der Waals surface area contributed by atoms with Gasteiger partial charge in [0.15, 0.2) is 0 Å². The highest BCUT2D eigenvalue weighted by atomic mass is 79.9. The molecule has 0 aromatic heterocycles. The lowest BCUT2D eigenvalue weighted by Crippen LogP contribution is -2.34. The Morgan fingerprint density at radius 1 is 1.32 bits per heavy atom. The molecule has 1 aromatic rings. The number of nitrogens with one attached hydrogen (secondary N) is 1. The number of halogens is 1. The number of methoxy groups -OCH3 is 1. The SMILES string of the molecule is COc1ccc(Br)cc1CNC(C)C1CCCCC1. The van der Waals surface area contributed by atoms with Gasteiger partial charge in [0.1, 0.15) is 5.75 Å². The maximum atomic E-state index is 5.42. The van der Waals surface area contributed by atoms with E-state index in [0.29, 0.717) is 6.04 Å². The first-order valence-electron chi connectivity index (χ1n) is 7.26. The molecule has 106 valence electrons. The van der Waals surface area contributed by atoms with Gasteiger partial charge in [0, 0.05) is 22.6 Å². The zero-order chi connectivity index (χ0) is 13.7. The van der Waals surface area contributed by atoms with Crippen LogP contribution in [0.15, 0.2) is 22.7 Å². The maximum absolute atomic E-state index is 5.42. The Balaban J connectivity index is 1.92. The number of rotatable bonds is 5. The zero-order valence-electron chi connectivity index (χ0n) is 11.9. The predicted octanol–water partition coefficient (Wildman–Crippen LogP) is 4.52. The average molecular weight is 326 g/mol. The Morgan fingerprint density at radius 2 is 2.05 bits per heavy atom. The molecule has 2 nitrogen and oxygen atoms in total. The van der Waals surface area contributed by atoms with Crippen molar-refractivity contribution >= 4 is 15.9 Å². The minimum absolute atomic E-state index is 0.587. The van der Waals surface area contributed by atoms with E-state index in [-0.39, 0.29) is 0 Å². The molecule has 2 rings (SSSR count). The Bertz CT molecular complexity index is 402. The van der Waals surface area contributed by atoms with Gasteiger partial charge in [-0.1, -0.05) is 35.2 Å². The minimum Gasteiger partial charge on any atom is -0.496 e. The van der Waals surface area contributed by atoms with E-state index in [4.69, 9.17) is 4.74 Å². The van der Waals surface area contributed by atoms with Crippen molar-refractivity contribution in [2.24, 2.45) is 5.92 Å². The number of benzene rings is 1. The molecule has 0 radical (unpaired) electrons. The minimum atomic E-state index is 0.587.